The molecule has 54 valence electrons. The van der Waals surface area contributed by atoms with Crippen molar-refractivity contribution in [3.63, 3.8) is 0 Å². The van der Waals surface area contributed by atoms with Crippen molar-refractivity contribution < 1.29 is 5.11 Å². The summed E-state index contributed by atoms with van der Waals surface area (Å²) in [6.07, 6.45) is 2.40. The molecule has 2 nitrogen and oxygen atoms in total. The fourth-order valence-corrected chi connectivity index (χ4v) is 1.21. The first-order chi connectivity index (χ1) is 4.33. The molecule has 0 spiro atoms. The molecule has 1 heterocycles. The van der Waals surface area contributed by atoms with Gasteiger partial charge >= 0.3 is 0 Å². The molecule has 0 aromatic rings. The average molecular weight is 129 g/mol. The van der Waals surface area contributed by atoms with Crippen LogP contribution in [0.5, 0.6) is 0 Å². The quantitative estimate of drug-likeness (QED) is 0.536. The molecule has 0 unspecified atom stereocenters. The van der Waals surface area contributed by atoms with Gasteiger partial charge in [-0.1, -0.05) is 0 Å². The van der Waals surface area contributed by atoms with Gasteiger partial charge in [-0.2, -0.15) is 0 Å². The van der Waals surface area contributed by atoms with Gasteiger partial charge in [0, 0.05) is 19.2 Å². The van der Waals surface area contributed by atoms with Crippen molar-refractivity contribution >= 4 is 0 Å². The highest BCUT2D eigenvalue weighted by molar-refractivity contribution is 4.73. The Bertz CT molecular complexity index is 77.0. The van der Waals surface area contributed by atoms with Crippen molar-refractivity contribution in [2.45, 2.75) is 25.8 Å². The standard InChI is InChI=1S/C7H15NO/c1-6-2-3-7(5-9)4-8-6/h6-9H,2-5H2,1H3/t6-,7+/m0/s1. The van der Waals surface area contributed by atoms with Crippen LogP contribution in [0.4, 0.5) is 0 Å². The minimum absolute atomic E-state index is 0.347. The van der Waals surface area contributed by atoms with Crippen LogP contribution in [-0.2, 0) is 0 Å². The van der Waals surface area contributed by atoms with E-state index in [1.165, 1.54) is 12.8 Å². The van der Waals surface area contributed by atoms with Crippen LogP contribution in [0, 0.1) is 5.92 Å². The maximum Gasteiger partial charge on any atom is 0.0471 e. The summed E-state index contributed by atoms with van der Waals surface area (Å²) in [6.45, 7) is 3.53. The van der Waals surface area contributed by atoms with Crippen molar-refractivity contribution in [1.29, 1.82) is 0 Å². The van der Waals surface area contributed by atoms with E-state index in [1.54, 1.807) is 0 Å². The summed E-state index contributed by atoms with van der Waals surface area (Å²) in [5.74, 6) is 0.515. The Morgan fingerprint density at radius 2 is 2.33 bits per heavy atom. The lowest BCUT2D eigenvalue weighted by Gasteiger charge is -2.25. The maximum absolute atomic E-state index is 8.74. The van der Waals surface area contributed by atoms with Gasteiger partial charge in [0.1, 0.15) is 0 Å². The van der Waals surface area contributed by atoms with Crippen molar-refractivity contribution in [3.05, 3.63) is 0 Å². The van der Waals surface area contributed by atoms with Gasteiger partial charge in [-0.15, -0.1) is 0 Å². The largest absolute Gasteiger partial charge is 0.396 e. The summed E-state index contributed by atoms with van der Waals surface area (Å²) in [7, 11) is 0. The molecule has 1 aliphatic heterocycles. The van der Waals surface area contributed by atoms with E-state index in [1.807, 2.05) is 0 Å². The Labute approximate surface area is 56.3 Å². The van der Waals surface area contributed by atoms with Crippen LogP contribution in [0.3, 0.4) is 0 Å². The smallest absolute Gasteiger partial charge is 0.0471 e. The highest BCUT2D eigenvalue weighted by Gasteiger charge is 2.15. The zero-order chi connectivity index (χ0) is 6.69. The molecule has 2 heteroatoms. The van der Waals surface area contributed by atoms with Gasteiger partial charge in [0.2, 0.25) is 0 Å². The minimum Gasteiger partial charge on any atom is -0.396 e. The van der Waals surface area contributed by atoms with E-state index in [4.69, 9.17) is 5.11 Å². The number of nitrogens with one attached hydrogen (secondary N) is 1. The van der Waals surface area contributed by atoms with Gasteiger partial charge in [-0.3, -0.25) is 0 Å². The molecule has 0 aromatic carbocycles. The Hall–Kier alpha value is -0.0800. The SMILES string of the molecule is C[C@H]1CC[C@@H](CO)CN1. The molecule has 9 heavy (non-hydrogen) atoms. The lowest BCUT2D eigenvalue weighted by molar-refractivity contribution is 0.186. The summed E-state index contributed by atoms with van der Waals surface area (Å²) in [6, 6.07) is 0.660. The number of piperidine rings is 1. The van der Waals surface area contributed by atoms with E-state index < -0.39 is 0 Å². The zero-order valence-electron chi connectivity index (χ0n) is 5.93. The molecule has 0 saturated carbocycles. The highest BCUT2D eigenvalue weighted by Crippen LogP contribution is 2.12. The summed E-state index contributed by atoms with van der Waals surface area (Å²) in [4.78, 5) is 0. The van der Waals surface area contributed by atoms with E-state index in [-0.39, 0.29) is 0 Å². The van der Waals surface area contributed by atoms with E-state index in [0.717, 1.165) is 6.54 Å². The number of hydrogen-bond acceptors (Lipinski definition) is 2. The Kier molecular flexibility index (Phi) is 2.49. The number of hydrogen-bond donors (Lipinski definition) is 2. The molecule has 0 aliphatic carbocycles. The lowest BCUT2D eigenvalue weighted by atomic mass is 9.96. The third kappa shape index (κ3) is 1.95. The molecular formula is C7H15NO. The molecule has 0 amide bonds. The van der Waals surface area contributed by atoms with E-state index in [2.05, 4.69) is 12.2 Å². The van der Waals surface area contributed by atoms with Gasteiger partial charge < -0.3 is 10.4 Å². The van der Waals surface area contributed by atoms with Crippen LogP contribution in [0.2, 0.25) is 0 Å². The fraction of sp³-hybridized carbons (Fsp3) is 1.00. The van der Waals surface area contributed by atoms with Crippen LogP contribution in [0.25, 0.3) is 0 Å². The van der Waals surface area contributed by atoms with Crippen LogP contribution in [-0.4, -0.2) is 24.3 Å². The van der Waals surface area contributed by atoms with Crippen molar-refractivity contribution in [1.82, 2.24) is 5.32 Å². The molecule has 1 fully saturated rings. The van der Waals surface area contributed by atoms with Gasteiger partial charge in [0.05, 0.1) is 0 Å². The van der Waals surface area contributed by atoms with E-state index in [9.17, 15) is 0 Å². The summed E-state index contributed by atoms with van der Waals surface area (Å²) < 4.78 is 0. The molecule has 2 atom stereocenters. The Morgan fingerprint density at radius 3 is 2.78 bits per heavy atom. The number of rotatable bonds is 1. The van der Waals surface area contributed by atoms with Gasteiger partial charge in [-0.05, 0) is 25.7 Å². The first-order valence-electron chi connectivity index (χ1n) is 3.67. The van der Waals surface area contributed by atoms with Crippen molar-refractivity contribution in [3.8, 4) is 0 Å². The third-order valence-electron chi connectivity index (χ3n) is 2.02. The first kappa shape index (κ1) is 7.03. The second-order valence-corrected chi connectivity index (χ2v) is 2.94. The molecule has 0 aromatic heterocycles. The van der Waals surface area contributed by atoms with Gasteiger partial charge in [0.25, 0.3) is 0 Å². The minimum atomic E-state index is 0.347. The maximum atomic E-state index is 8.74. The van der Waals surface area contributed by atoms with Gasteiger partial charge in [0.15, 0.2) is 0 Å². The molecule has 1 aliphatic rings. The third-order valence-corrected chi connectivity index (χ3v) is 2.02. The lowest BCUT2D eigenvalue weighted by Crippen LogP contribution is -2.38. The monoisotopic (exact) mass is 129 g/mol. The topological polar surface area (TPSA) is 32.3 Å². The van der Waals surface area contributed by atoms with Crippen LogP contribution < -0.4 is 5.32 Å². The predicted octanol–water partition coefficient (Wildman–Crippen LogP) is 0.367. The van der Waals surface area contributed by atoms with Crippen molar-refractivity contribution in [2.75, 3.05) is 13.2 Å². The van der Waals surface area contributed by atoms with Crippen LogP contribution in [0.15, 0.2) is 0 Å². The summed E-state index contributed by atoms with van der Waals surface area (Å²) in [5, 5.41) is 12.1. The van der Waals surface area contributed by atoms with Gasteiger partial charge in [-0.25, -0.2) is 0 Å². The summed E-state index contributed by atoms with van der Waals surface area (Å²) >= 11 is 0. The fourth-order valence-electron chi connectivity index (χ4n) is 1.21. The Balaban J connectivity index is 2.18. The number of aliphatic hydroxyl groups is 1. The van der Waals surface area contributed by atoms with E-state index >= 15 is 0 Å². The predicted molar refractivity (Wildman–Crippen MR) is 37.3 cm³/mol. The van der Waals surface area contributed by atoms with Crippen LogP contribution in [0.1, 0.15) is 19.8 Å². The highest BCUT2D eigenvalue weighted by atomic mass is 16.3. The van der Waals surface area contributed by atoms with E-state index in [0.29, 0.717) is 18.6 Å². The summed E-state index contributed by atoms with van der Waals surface area (Å²) in [5.41, 5.74) is 0. The van der Waals surface area contributed by atoms with Crippen LogP contribution >= 0.6 is 0 Å². The first-order valence-corrected chi connectivity index (χ1v) is 3.67. The second kappa shape index (κ2) is 3.18. The van der Waals surface area contributed by atoms with Crippen molar-refractivity contribution in [2.24, 2.45) is 5.92 Å². The molecule has 1 rings (SSSR count). The molecular weight excluding hydrogens is 114 g/mol. The molecule has 0 radical (unpaired) electrons. The normalized spacial score (nSPS) is 36.7. The number of aliphatic hydroxyl groups excluding tert-OH is 1. The second-order valence-electron chi connectivity index (χ2n) is 2.94. The molecule has 1 saturated heterocycles. The molecule has 2 N–H and O–H groups in total. The molecule has 0 bridgehead atoms. The Morgan fingerprint density at radius 1 is 1.56 bits per heavy atom. The average Bonchev–Trinajstić information content (AvgIpc) is 1.90. The zero-order valence-corrected chi connectivity index (χ0v) is 5.93.